The highest BCUT2D eigenvalue weighted by Crippen LogP contribution is 2.36. The van der Waals surface area contributed by atoms with Crippen LogP contribution >= 0.6 is 0 Å². The summed E-state index contributed by atoms with van der Waals surface area (Å²) in [6, 6.07) is 12.9. The van der Waals surface area contributed by atoms with E-state index in [0.29, 0.717) is 5.56 Å². The van der Waals surface area contributed by atoms with E-state index in [1.54, 1.807) is 12.1 Å². The maximum absolute atomic E-state index is 11.4. The second kappa shape index (κ2) is 5.28. The fraction of sp³-hybridized carbons (Fsp3) is 0.125. The van der Waals surface area contributed by atoms with Gasteiger partial charge in [0.15, 0.2) is 0 Å². The van der Waals surface area contributed by atoms with Crippen molar-refractivity contribution in [3.05, 3.63) is 87.5 Å². The van der Waals surface area contributed by atoms with Gasteiger partial charge in [-0.1, -0.05) is 11.6 Å². The second-order valence-electron chi connectivity index (χ2n) is 5.00. The number of hydrogen-bond acceptors (Lipinski definition) is 2. The Bertz CT molecular complexity index is 712. The molecule has 21 heavy (non-hydrogen) atoms. The maximum atomic E-state index is 11.4. The fourth-order valence-electron chi connectivity index (χ4n) is 2.62. The largest absolute Gasteiger partial charge is 0.364 e. The van der Waals surface area contributed by atoms with Crippen molar-refractivity contribution in [2.24, 2.45) is 0 Å². The van der Waals surface area contributed by atoms with Crippen LogP contribution < -0.4 is 0 Å². The molecule has 0 atom stereocenters. The Morgan fingerprint density at radius 3 is 2.14 bits per heavy atom. The van der Waals surface area contributed by atoms with Crippen LogP contribution in [0.4, 0.5) is 5.69 Å². The van der Waals surface area contributed by atoms with Crippen molar-refractivity contribution in [3.8, 4) is 0 Å². The number of nitro benzene ring substituents is 1. The Kier molecular flexibility index (Phi) is 3.31. The molecule has 5 nitrogen and oxygen atoms in total. The highest BCUT2D eigenvalue weighted by Gasteiger charge is 2.26. The molecule has 1 aromatic carbocycles. The van der Waals surface area contributed by atoms with Gasteiger partial charge in [0, 0.05) is 35.4 Å². The van der Waals surface area contributed by atoms with Crippen molar-refractivity contribution in [3.63, 3.8) is 0 Å². The summed E-state index contributed by atoms with van der Waals surface area (Å²) < 4.78 is 0. The molecule has 3 aromatic rings. The van der Waals surface area contributed by atoms with Gasteiger partial charge in [0.1, 0.15) is 0 Å². The van der Waals surface area contributed by atoms with Crippen molar-refractivity contribution >= 4 is 5.69 Å². The minimum absolute atomic E-state index is 0.134. The van der Waals surface area contributed by atoms with Gasteiger partial charge >= 0.3 is 0 Å². The normalized spacial score (nSPS) is 11.0. The van der Waals surface area contributed by atoms with E-state index < -0.39 is 0 Å². The molecule has 0 aliphatic carbocycles. The lowest BCUT2D eigenvalue weighted by molar-refractivity contribution is -0.385. The Hall–Kier alpha value is -2.82. The first-order valence-corrected chi connectivity index (χ1v) is 6.68. The molecule has 3 rings (SSSR count). The molecule has 2 heterocycles. The summed E-state index contributed by atoms with van der Waals surface area (Å²) in [5.41, 5.74) is 3.66. The number of rotatable bonds is 4. The lowest BCUT2D eigenvalue weighted by atomic mass is 9.90. The van der Waals surface area contributed by atoms with Gasteiger partial charge in [0.05, 0.1) is 10.8 Å². The van der Waals surface area contributed by atoms with Crippen LogP contribution in [-0.2, 0) is 0 Å². The monoisotopic (exact) mass is 281 g/mol. The Balaban J connectivity index is 2.22. The van der Waals surface area contributed by atoms with Crippen molar-refractivity contribution in [1.29, 1.82) is 0 Å². The van der Waals surface area contributed by atoms with Crippen LogP contribution in [0.5, 0.6) is 0 Å². The summed E-state index contributed by atoms with van der Waals surface area (Å²) in [5.74, 6) is -0.213. The minimum atomic E-state index is -0.326. The SMILES string of the molecule is Cc1ccc([N+](=O)[O-])c(C(c2ccc[nH]2)c2ccc[nH]2)c1. The van der Waals surface area contributed by atoms with Gasteiger partial charge in [0.2, 0.25) is 0 Å². The number of aryl methyl sites for hydroxylation is 1. The van der Waals surface area contributed by atoms with Crippen LogP contribution in [0.1, 0.15) is 28.4 Å². The van der Waals surface area contributed by atoms with E-state index in [9.17, 15) is 10.1 Å². The molecule has 0 saturated heterocycles. The van der Waals surface area contributed by atoms with Gasteiger partial charge in [-0.25, -0.2) is 0 Å². The summed E-state index contributed by atoms with van der Waals surface area (Å²) in [6.07, 6.45) is 3.65. The summed E-state index contributed by atoms with van der Waals surface area (Å²) >= 11 is 0. The van der Waals surface area contributed by atoms with E-state index in [2.05, 4.69) is 9.97 Å². The third-order valence-electron chi connectivity index (χ3n) is 3.56. The summed E-state index contributed by atoms with van der Waals surface area (Å²) in [5, 5.41) is 11.4. The average Bonchev–Trinajstić information content (AvgIpc) is 3.12. The number of nitro groups is 1. The van der Waals surface area contributed by atoms with Crippen LogP contribution in [0.25, 0.3) is 0 Å². The molecule has 0 saturated carbocycles. The Morgan fingerprint density at radius 2 is 1.67 bits per heavy atom. The molecule has 0 radical (unpaired) electrons. The number of benzene rings is 1. The number of nitrogens with zero attached hydrogens (tertiary/aromatic N) is 1. The lowest BCUT2D eigenvalue weighted by Gasteiger charge is -2.16. The zero-order chi connectivity index (χ0) is 14.8. The van der Waals surface area contributed by atoms with Crippen molar-refractivity contribution in [2.75, 3.05) is 0 Å². The lowest BCUT2D eigenvalue weighted by Crippen LogP contribution is -2.07. The molecule has 5 heteroatoms. The molecule has 0 amide bonds. The Labute approximate surface area is 121 Å². The van der Waals surface area contributed by atoms with Crippen molar-refractivity contribution < 1.29 is 4.92 Å². The van der Waals surface area contributed by atoms with Gasteiger partial charge in [0.25, 0.3) is 5.69 Å². The van der Waals surface area contributed by atoms with Crippen molar-refractivity contribution in [1.82, 2.24) is 9.97 Å². The van der Waals surface area contributed by atoms with Gasteiger partial charge in [-0.3, -0.25) is 10.1 Å². The zero-order valence-corrected chi connectivity index (χ0v) is 11.5. The number of nitrogens with one attached hydrogen (secondary N) is 2. The van der Waals surface area contributed by atoms with Gasteiger partial charge in [-0.2, -0.15) is 0 Å². The van der Waals surface area contributed by atoms with Crippen LogP contribution in [-0.4, -0.2) is 14.9 Å². The zero-order valence-electron chi connectivity index (χ0n) is 11.5. The first kappa shape index (κ1) is 13.2. The van der Waals surface area contributed by atoms with Crippen LogP contribution in [0.3, 0.4) is 0 Å². The van der Waals surface area contributed by atoms with Crippen LogP contribution in [0.15, 0.2) is 54.9 Å². The number of H-pyrrole nitrogens is 2. The molecule has 0 aliphatic rings. The molecule has 2 N–H and O–H groups in total. The molecule has 0 aliphatic heterocycles. The molecule has 0 bridgehead atoms. The van der Waals surface area contributed by atoms with Crippen molar-refractivity contribution in [2.45, 2.75) is 12.8 Å². The van der Waals surface area contributed by atoms with E-state index in [4.69, 9.17) is 0 Å². The van der Waals surface area contributed by atoms with Crippen LogP contribution in [0, 0.1) is 17.0 Å². The molecule has 0 unspecified atom stereocenters. The molecular formula is C16H15N3O2. The van der Waals surface area contributed by atoms with Gasteiger partial charge in [-0.15, -0.1) is 0 Å². The molecular weight excluding hydrogens is 266 g/mol. The highest BCUT2D eigenvalue weighted by atomic mass is 16.6. The predicted molar refractivity (Wildman–Crippen MR) is 80.4 cm³/mol. The van der Waals surface area contributed by atoms with E-state index >= 15 is 0 Å². The first-order valence-electron chi connectivity index (χ1n) is 6.68. The molecule has 0 fully saturated rings. The minimum Gasteiger partial charge on any atom is -0.364 e. The third kappa shape index (κ3) is 2.45. The first-order chi connectivity index (χ1) is 10.2. The van der Waals surface area contributed by atoms with E-state index in [1.807, 2.05) is 49.6 Å². The summed E-state index contributed by atoms with van der Waals surface area (Å²) in [7, 11) is 0. The van der Waals surface area contributed by atoms with E-state index in [-0.39, 0.29) is 16.5 Å². The van der Waals surface area contributed by atoms with E-state index in [0.717, 1.165) is 17.0 Å². The number of aromatic amines is 2. The van der Waals surface area contributed by atoms with Crippen LogP contribution in [0.2, 0.25) is 0 Å². The molecule has 0 spiro atoms. The third-order valence-corrected chi connectivity index (χ3v) is 3.56. The quantitative estimate of drug-likeness (QED) is 0.564. The van der Waals surface area contributed by atoms with Gasteiger partial charge < -0.3 is 9.97 Å². The smallest absolute Gasteiger partial charge is 0.273 e. The molecule has 106 valence electrons. The van der Waals surface area contributed by atoms with Gasteiger partial charge in [-0.05, 0) is 37.3 Å². The number of hydrogen-bond donors (Lipinski definition) is 2. The summed E-state index contributed by atoms with van der Waals surface area (Å²) in [4.78, 5) is 17.4. The summed E-state index contributed by atoms with van der Waals surface area (Å²) in [6.45, 7) is 1.94. The predicted octanol–water partition coefficient (Wildman–Crippen LogP) is 3.74. The maximum Gasteiger partial charge on any atom is 0.273 e. The Morgan fingerprint density at radius 1 is 1.05 bits per heavy atom. The average molecular weight is 281 g/mol. The molecule has 2 aromatic heterocycles. The van der Waals surface area contributed by atoms with E-state index in [1.165, 1.54) is 0 Å². The topological polar surface area (TPSA) is 74.7 Å². The standard InChI is InChI=1S/C16H15N3O2/c1-11-6-7-15(19(20)21)12(10-11)16(13-4-2-8-17-13)14-5-3-9-18-14/h2-10,16-18H,1H3. The number of aromatic nitrogens is 2. The fourth-order valence-corrected chi connectivity index (χ4v) is 2.62. The second-order valence-corrected chi connectivity index (χ2v) is 5.00. The highest BCUT2D eigenvalue weighted by molar-refractivity contribution is 5.51.